The Labute approximate surface area is 96.1 Å². The van der Waals surface area contributed by atoms with Gasteiger partial charge in [-0.15, -0.1) is 0 Å². The lowest BCUT2D eigenvalue weighted by Crippen LogP contribution is -2.31. The first-order valence-corrected chi connectivity index (χ1v) is 5.86. The summed E-state index contributed by atoms with van der Waals surface area (Å²) in [6.07, 6.45) is 7.65. The summed E-state index contributed by atoms with van der Waals surface area (Å²) in [4.78, 5) is 0. The lowest BCUT2D eigenvalue weighted by molar-refractivity contribution is 0.563. The molecule has 2 aliphatic rings. The molecule has 0 aromatic heterocycles. The molecular weight excluding hydrogens is 196 g/mol. The second-order valence-electron chi connectivity index (χ2n) is 4.29. The molecule has 0 amide bonds. The first-order valence-electron chi connectivity index (χ1n) is 5.86. The van der Waals surface area contributed by atoms with Gasteiger partial charge < -0.3 is 10.6 Å². The maximum absolute atomic E-state index is 3.59. The molecule has 1 aromatic carbocycles. The first kappa shape index (κ1) is 9.67. The zero-order chi connectivity index (χ0) is 10.8. The van der Waals surface area contributed by atoms with Crippen LogP contribution in [-0.4, -0.2) is 13.1 Å². The Morgan fingerprint density at radius 3 is 3.00 bits per heavy atom. The highest BCUT2D eigenvalue weighted by Gasteiger charge is 2.21. The third-order valence-electron chi connectivity index (χ3n) is 3.26. The lowest BCUT2D eigenvalue weighted by Gasteiger charge is -2.28. The lowest BCUT2D eigenvalue weighted by atomic mass is 9.89. The molecule has 1 aromatic rings. The molecule has 16 heavy (non-hydrogen) atoms. The molecule has 2 nitrogen and oxygen atoms in total. The second-order valence-corrected chi connectivity index (χ2v) is 4.29. The van der Waals surface area contributed by atoms with Crippen molar-refractivity contribution in [1.82, 2.24) is 10.6 Å². The number of rotatable bonds is 1. The molecule has 2 heteroatoms. The van der Waals surface area contributed by atoms with Gasteiger partial charge in [-0.05, 0) is 23.1 Å². The molecular formula is C14H16N2. The minimum absolute atomic E-state index is 0.356. The van der Waals surface area contributed by atoms with Crippen molar-refractivity contribution in [1.29, 1.82) is 0 Å². The summed E-state index contributed by atoms with van der Waals surface area (Å²) < 4.78 is 0. The van der Waals surface area contributed by atoms with Gasteiger partial charge in [0.05, 0.1) is 6.04 Å². The van der Waals surface area contributed by atoms with Gasteiger partial charge in [-0.1, -0.05) is 36.4 Å². The van der Waals surface area contributed by atoms with E-state index < -0.39 is 0 Å². The Morgan fingerprint density at radius 1 is 1.19 bits per heavy atom. The maximum atomic E-state index is 3.59. The zero-order valence-electron chi connectivity index (χ0n) is 9.24. The Morgan fingerprint density at radius 2 is 2.12 bits per heavy atom. The van der Waals surface area contributed by atoms with Gasteiger partial charge in [-0.25, -0.2) is 0 Å². The molecule has 2 N–H and O–H groups in total. The average Bonchev–Trinajstić information content (AvgIpc) is 2.39. The van der Waals surface area contributed by atoms with E-state index in [1.807, 2.05) is 0 Å². The van der Waals surface area contributed by atoms with Crippen molar-refractivity contribution in [3.63, 3.8) is 0 Å². The number of benzene rings is 1. The quantitative estimate of drug-likeness (QED) is 0.743. The van der Waals surface area contributed by atoms with Crippen molar-refractivity contribution in [2.75, 3.05) is 13.1 Å². The fourth-order valence-electron chi connectivity index (χ4n) is 2.47. The van der Waals surface area contributed by atoms with Crippen LogP contribution in [0.4, 0.5) is 0 Å². The Hall–Kier alpha value is -1.54. The summed E-state index contributed by atoms with van der Waals surface area (Å²) in [5.41, 5.74) is 4.23. The van der Waals surface area contributed by atoms with Crippen molar-refractivity contribution in [2.24, 2.45) is 0 Å². The zero-order valence-corrected chi connectivity index (χ0v) is 9.24. The molecule has 0 fully saturated rings. The SMILES string of the molecule is C1=CC(C2NCCc3ccccc32)=CNC1. The van der Waals surface area contributed by atoms with E-state index >= 15 is 0 Å². The summed E-state index contributed by atoms with van der Waals surface area (Å²) in [5.74, 6) is 0. The van der Waals surface area contributed by atoms with Gasteiger partial charge in [0.2, 0.25) is 0 Å². The molecule has 82 valence electrons. The van der Waals surface area contributed by atoms with Gasteiger partial charge in [0.25, 0.3) is 0 Å². The van der Waals surface area contributed by atoms with Crippen molar-refractivity contribution in [2.45, 2.75) is 12.5 Å². The third-order valence-corrected chi connectivity index (χ3v) is 3.26. The van der Waals surface area contributed by atoms with Crippen LogP contribution in [0.2, 0.25) is 0 Å². The molecule has 0 saturated heterocycles. The van der Waals surface area contributed by atoms with Crippen molar-refractivity contribution in [3.05, 3.63) is 59.3 Å². The van der Waals surface area contributed by atoms with Gasteiger partial charge in [-0.2, -0.15) is 0 Å². The molecule has 2 heterocycles. The topological polar surface area (TPSA) is 24.1 Å². The third kappa shape index (κ3) is 1.65. The fraction of sp³-hybridized carbons (Fsp3) is 0.286. The minimum atomic E-state index is 0.356. The summed E-state index contributed by atoms with van der Waals surface area (Å²) in [7, 11) is 0. The number of hydrogen-bond donors (Lipinski definition) is 2. The van der Waals surface area contributed by atoms with E-state index in [9.17, 15) is 0 Å². The number of hydrogen-bond acceptors (Lipinski definition) is 2. The van der Waals surface area contributed by atoms with Crippen molar-refractivity contribution in [3.8, 4) is 0 Å². The van der Waals surface area contributed by atoms with Crippen molar-refractivity contribution < 1.29 is 0 Å². The highest BCUT2D eigenvalue weighted by atomic mass is 14.9. The van der Waals surface area contributed by atoms with E-state index in [0.717, 1.165) is 19.5 Å². The maximum Gasteiger partial charge on any atom is 0.0593 e. The fourth-order valence-corrected chi connectivity index (χ4v) is 2.47. The number of dihydropyridines is 1. The van der Waals surface area contributed by atoms with Crippen LogP contribution >= 0.6 is 0 Å². The normalized spacial score (nSPS) is 23.2. The van der Waals surface area contributed by atoms with Crippen LogP contribution in [0, 0.1) is 0 Å². The smallest absolute Gasteiger partial charge is 0.0593 e. The van der Waals surface area contributed by atoms with Gasteiger partial charge in [0.15, 0.2) is 0 Å². The van der Waals surface area contributed by atoms with Crippen LogP contribution in [0.1, 0.15) is 17.2 Å². The summed E-state index contributed by atoms with van der Waals surface area (Å²) in [6, 6.07) is 9.08. The Bertz CT molecular complexity index is 446. The van der Waals surface area contributed by atoms with E-state index in [-0.39, 0.29) is 0 Å². The molecule has 3 rings (SSSR count). The molecule has 2 aliphatic heterocycles. The highest BCUT2D eigenvalue weighted by molar-refractivity contribution is 5.41. The Kier molecular flexibility index (Phi) is 2.50. The van der Waals surface area contributed by atoms with Crippen molar-refractivity contribution >= 4 is 0 Å². The highest BCUT2D eigenvalue weighted by Crippen LogP contribution is 2.29. The Balaban J connectivity index is 1.98. The molecule has 0 radical (unpaired) electrons. The molecule has 1 unspecified atom stereocenters. The van der Waals surface area contributed by atoms with E-state index in [2.05, 4.69) is 53.3 Å². The van der Waals surface area contributed by atoms with Gasteiger partial charge >= 0.3 is 0 Å². The monoisotopic (exact) mass is 212 g/mol. The van der Waals surface area contributed by atoms with Crippen LogP contribution < -0.4 is 10.6 Å². The minimum Gasteiger partial charge on any atom is -0.387 e. The molecule has 0 aliphatic carbocycles. The molecule has 0 bridgehead atoms. The van der Waals surface area contributed by atoms with Gasteiger partial charge in [0.1, 0.15) is 0 Å². The van der Waals surface area contributed by atoms with E-state index in [1.54, 1.807) is 0 Å². The molecule has 0 spiro atoms. The summed E-state index contributed by atoms with van der Waals surface area (Å²) in [6.45, 7) is 2.00. The van der Waals surface area contributed by atoms with Crippen LogP contribution in [0.25, 0.3) is 0 Å². The average molecular weight is 212 g/mol. The van der Waals surface area contributed by atoms with E-state index in [0.29, 0.717) is 6.04 Å². The van der Waals surface area contributed by atoms with E-state index in [1.165, 1.54) is 16.7 Å². The molecule has 1 atom stereocenters. The second kappa shape index (κ2) is 4.14. The van der Waals surface area contributed by atoms with Gasteiger partial charge in [0, 0.05) is 19.3 Å². The largest absolute Gasteiger partial charge is 0.387 e. The van der Waals surface area contributed by atoms with Crippen LogP contribution in [0.5, 0.6) is 0 Å². The standard InChI is InChI=1S/C14H16N2/c1-2-6-13-11(4-1)7-9-16-14(13)12-5-3-8-15-10-12/h1-6,10,14-16H,7-9H2. The number of fused-ring (bicyclic) bond motifs is 1. The predicted molar refractivity (Wildman–Crippen MR) is 66.1 cm³/mol. The number of nitrogens with one attached hydrogen (secondary N) is 2. The van der Waals surface area contributed by atoms with Crippen LogP contribution in [0.15, 0.2) is 48.2 Å². The summed E-state index contributed by atoms with van der Waals surface area (Å²) in [5, 5.41) is 6.86. The van der Waals surface area contributed by atoms with Crippen LogP contribution in [0.3, 0.4) is 0 Å². The first-order chi connectivity index (χ1) is 7.95. The summed E-state index contributed by atoms with van der Waals surface area (Å²) >= 11 is 0. The van der Waals surface area contributed by atoms with E-state index in [4.69, 9.17) is 0 Å². The molecule has 0 saturated carbocycles. The van der Waals surface area contributed by atoms with Gasteiger partial charge in [-0.3, -0.25) is 0 Å². The predicted octanol–water partition coefficient (Wildman–Crippen LogP) is 1.92. The van der Waals surface area contributed by atoms with Crippen LogP contribution in [-0.2, 0) is 6.42 Å².